The van der Waals surface area contributed by atoms with Crippen molar-refractivity contribution in [1.29, 1.82) is 0 Å². The molecule has 4 rings (SSSR count). The maximum absolute atomic E-state index is 13.2. The van der Waals surface area contributed by atoms with Gasteiger partial charge in [-0.3, -0.25) is 9.36 Å². The number of aryl methyl sites for hydroxylation is 1. The van der Waals surface area contributed by atoms with E-state index in [4.69, 9.17) is 4.98 Å². The highest BCUT2D eigenvalue weighted by atomic mass is 79.9. The van der Waals surface area contributed by atoms with E-state index in [1.807, 2.05) is 73.7 Å². The first-order valence-corrected chi connectivity index (χ1v) is 10.6. The predicted octanol–water partition coefficient (Wildman–Crippen LogP) is 6.45. The number of thiophene rings is 1. The molecule has 0 N–H and O–H groups in total. The van der Waals surface area contributed by atoms with Gasteiger partial charge in [-0.2, -0.15) is 0 Å². The Morgan fingerprint density at radius 2 is 1.85 bits per heavy atom. The average molecular weight is 502 g/mol. The van der Waals surface area contributed by atoms with E-state index in [0.717, 1.165) is 24.4 Å². The summed E-state index contributed by atoms with van der Waals surface area (Å²) in [6.45, 7) is 2.01. The van der Waals surface area contributed by atoms with Crippen molar-refractivity contribution in [3.05, 3.63) is 89.5 Å². The van der Waals surface area contributed by atoms with Crippen LogP contribution in [0.3, 0.4) is 0 Å². The summed E-state index contributed by atoms with van der Waals surface area (Å²) in [5.41, 5.74) is 2.48. The quantitative estimate of drug-likeness (QED) is 0.323. The van der Waals surface area contributed by atoms with Crippen LogP contribution in [-0.4, -0.2) is 9.55 Å². The van der Waals surface area contributed by atoms with E-state index in [9.17, 15) is 4.79 Å². The summed E-state index contributed by atoms with van der Waals surface area (Å²) >= 11 is 8.63. The van der Waals surface area contributed by atoms with Crippen LogP contribution < -0.4 is 5.56 Å². The predicted molar refractivity (Wildman–Crippen MR) is 121 cm³/mol. The summed E-state index contributed by atoms with van der Waals surface area (Å²) in [6, 6.07) is 17.3. The van der Waals surface area contributed by atoms with Crippen LogP contribution in [0.15, 0.2) is 67.7 Å². The molecule has 0 amide bonds. The first kappa shape index (κ1) is 18.3. The van der Waals surface area contributed by atoms with Gasteiger partial charge >= 0.3 is 0 Å². The SMILES string of the molecule is Cc1cc(-n2c(/C=C/c3ccc(Br)s3)nc3ccccc3c2=O)ccc1Br. The van der Waals surface area contributed by atoms with E-state index in [-0.39, 0.29) is 5.56 Å². The Kier molecular flexibility index (Phi) is 5.12. The lowest BCUT2D eigenvalue weighted by Crippen LogP contribution is -2.22. The number of aromatic nitrogens is 2. The van der Waals surface area contributed by atoms with Crippen LogP contribution in [0.4, 0.5) is 0 Å². The highest BCUT2D eigenvalue weighted by Gasteiger charge is 2.12. The molecular weight excluding hydrogens is 488 g/mol. The molecule has 134 valence electrons. The largest absolute Gasteiger partial charge is 0.268 e. The second-order valence-electron chi connectivity index (χ2n) is 6.04. The zero-order valence-electron chi connectivity index (χ0n) is 14.3. The molecule has 2 aromatic heterocycles. The van der Waals surface area contributed by atoms with Crippen molar-refractivity contribution in [2.45, 2.75) is 6.92 Å². The van der Waals surface area contributed by atoms with Gasteiger partial charge in [0.15, 0.2) is 0 Å². The molecule has 0 fully saturated rings. The van der Waals surface area contributed by atoms with Gasteiger partial charge in [-0.25, -0.2) is 4.98 Å². The Balaban J connectivity index is 1.96. The summed E-state index contributed by atoms with van der Waals surface area (Å²) in [4.78, 5) is 19.1. The molecule has 0 spiro atoms. The molecule has 27 heavy (non-hydrogen) atoms. The van der Waals surface area contributed by atoms with Crippen molar-refractivity contribution in [3.63, 3.8) is 0 Å². The molecule has 4 aromatic rings. The number of nitrogens with zero attached hydrogens (tertiary/aromatic N) is 2. The number of halogens is 2. The molecule has 0 aliphatic rings. The number of hydrogen-bond donors (Lipinski definition) is 0. The molecule has 0 saturated heterocycles. The van der Waals surface area contributed by atoms with Gasteiger partial charge < -0.3 is 0 Å². The Morgan fingerprint density at radius 3 is 2.59 bits per heavy atom. The monoisotopic (exact) mass is 500 g/mol. The van der Waals surface area contributed by atoms with Crippen LogP contribution in [-0.2, 0) is 0 Å². The van der Waals surface area contributed by atoms with E-state index >= 15 is 0 Å². The van der Waals surface area contributed by atoms with Crippen molar-refractivity contribution in [1.82, 2.24) is 9.55 Å². The zero-order chi connectivity index (χ0) is 19.0. The lowest BCUT2D eigenvalue weighted by molar-refractivity contribution is 0.941. The molecule has 2 heterocycles. The normalized spacial score (nSPS) is 11.5. The smallest absolute Gasteiger partial charge is 0.266 e. The second kappa shape index (κ2) is 7.54. The van der Waals surface area contributed by atoms with Crippen LogP contribution >= 0.6 is 43.2 Å². The van der Waals surface area contributed by atoms with Gasteiger partial charge in [0.1, 0.15) is 5.82 Å². The van der Waals surface area contributed by atoms with E-state index < -0.39 is 0 Å². The first-order valence-electron chi connectivity index (χ1n) is 8.25. The number of para-hydroxylation sites is 1. The summed E-state index contributed by atoms with van der Waals surface area (Å²) in [5, 5.41) is 0.606. The highest BCUT2D eigenvalue weighted by Crippen LogP contribution is 2.25. The van der Waals surface area contributed by atoms with E-state index in [0.29, 0.717) is 16.7 Å². The fraction of sp³-hybridized carbons (Fsp3) is 0.0476. The van der Waals surface area contributed by atoms with Crippen LogP contribution in [0.1, 0.15) is 16.3 Å². The third kappa shape index (κ3) is 3.70. The van der Waals surface area contributed by atoms with Gasteiger partial charge in [0, 0.05) is 9.35 Å². The Hall–Kier alpha value is -2.02. The summed E-state index contributed by atoms with van der Waals surface area (Å²) in [7, 11) is 0. The molecule has 0 saturated carbocycles. The lowest BCUT2D eigenvalue weighted by Gasteiger charge is -2.12. The molecule has 0 unspecified atom stereocenters. The fourth-order valence-electron chi connectivity index (χ4n) is 2.85. The summed E-state index contributed by atoms with van der Waals surface area (Å²) in [5.74, 6) is 0.602. The van der Waals surface area contributed by atoms with Gasteiger partial charge in [0.25, 0.3) is 5.56 Å². The maximum atomic E-state index is 13.2. The van der Waals surface area contributed by atoms with Crippen molar-refractivity contribution in [2.24, 2.45) is 0 Å². The van der Waals surface area contributed by atoms with Crippen LogP contribution in [0, 0.1) is 6.92 Å². The molecule has 3 nitrogen and oxygen atoms in total. The Morgan fingerprint density at radius 1 is 1.04 bits per heavy atom. The van der Waals surface area contributed by atoms with Crippen molar-refractivity contribution in [2.75, 3.05) is 0 Å². The standard InChI is InChI=1S/C21H14Br2N2OS/c1-13-12-14(6-9-17(13)22)25-20(11-8-15-7-10-19(23)27-15)24-18-5-3-2-4-16(18)21(25)26/h2-12H,1H3/b11-8+. The molecule has 2 aromatic carbocycles. The lowest BCUT2D eigenvalue weighted by atomic mass is 10.2. The number of rotatable bonds is 3. The Bertz CT molecular complexity index is 1240. The third-order valence-electron chi connectivity index (χ3n) is 4.19. The fourth-order valence-corrected chi connectivity index (χ4v) is 4.43. The van der Waals surface area contributed by atoms with Crippen LogP contribution in [0.5, 0.6) is 0 Å². The second-order valence-corrected chi connectivity index (χ2v) is 9.39. The average Bonchev–Trinajstić information content (AvgIpc) is 3.08. The Labute approximate surface area is 177 Å². The minimum Gasteiger partial charge on any atom is -0.268 e. The third-order valence-corrected chi connectivity index (χ3v) is 6.67. The summed E-state index contributed by atoms with van der Waals surface area (Å²) in [6.07, 6.45) is 3.87. The van der Waals surface area contributed by atoms with Gasteiger partial charge in [0.2, 0.25) is 0 Å². The maximum Gasteiger partial charge on any atom is 0.266 e. The number of hydrogen-bond acceptors (Lipinski definition) is 3. The minimum atomic E-state index is -0.0747. The molecular formula is C21H14Br2N2OS. The molecule has 0 aliphatic carbocycles. The topological polar surface area (TPSA) is 34.9 Å². The minimum absolute atomic E-state index is 0.0747. The van der Waals surface area contributed by atoms with Crippen LogP contribution in [0.2, 0.25) is 0 Å². The van der Waals surface area contributed by atoms with E-state index in [2.05, 4.69) is 31.9 Å². The first-order chi connectivity index (χ1) is 13.0. The van der Waals surface area contributed by atoms with Gasteiger partial charge in [-0.05, 0) is 83.0 Å². The van der Waals surface area contributed by atoms with E-state index in [1.54, 1.807) is 15.9 Å². The highest BCUT2D eigenvalue weighted by molar-refractivity contribution is 9.11. The van der Waals surface area contributed by atoms with E-state index in [1.165, 1.54) is 0 Å². The van der Waals surface area contributed by atoms with Gasteiger partial charge in [0.05, 0.1) is 20.4 Å². The molecule has 0 aliphatic heterocycles. The van der Waals surface area contributed by atoms with Crippen molar-refractivity contribution >= 4 is 66.3 Å². The van der Waals surface area contributed by atoms with Gasteiger partial charge in [-0.1, -0.05) is 28.1 Å². The van der Waals surface area contributed by atoms with Crippen molar-refractivity contribution < 1.29 is 0 Å². The molecule has 0 radical (unpaired) electrons. The number of fused-ring (bicyclic) bond motifs is 1. The van der Waals surface area contributed by atoms with Gasteiger partial charge in [-0.15, -0.1) is 11.3 Å². The number of benzene rings is 2. The molecule has 6 heteroatoms. The summed E-state index contributed by atoms with van der Waals surface area (Å²) < 4.78 is 3.74. The van der Waals surface area contributed by atoms with Crippen LogP contribution in [0.25, 0.3) is 28.7 Å². The molecule has 0 bridgehead atoms. The van der Waals surface area contributed by atoms with Crippen molar-refractivity contribution in [3.8, 4) is 5.69 Å². The zero-order valence-corrected chi connectivity index (χ0v) is 18.3. The molecule has 0 atom stereocenters.